The zero-order valence-electron chi connectivity index (χ0n) is 15.1. The van der Waals surface area contributed by atoms with Gasteiger partial charge in [0.15, 0.2) is 0 Å². The standard InChI is InChI=1S/C20H28N2O4/c21-20(24)15-6-8-16(9-7-15)26-18-11-12-25-13-17(18)22-19(23)10-5-14-3-1-2-4-14/h6-9,14,17-18H,1-5,10-13H2,(H2,21,24)(H,22,23). The molecule has 1 saturated carbocycles. The van der Waals surface area contributed by atoms with Crippen LogP contribution in [0.1, 0.15) is 55.3 Å². The molecule has 2 atom stereocenters. The number of primary amides is 1. The zero-order chi connectivity index (χ0) is 18.4. The number of nitrogens with two attached hydrogens (primary N) is 1. The Hall–Kier alpha value is -2.08. The first-order chi connectivity index (χ1) is 12.6. The van der Waals surface area contributed by atoms with E-state index in [2.05, 4.69) is 5.32 Å². The van der Waals surface area contributed by atoms with Crippen LogP contribution in [0, 0.1) is 5.92 Å². The third kappa shape index (κ3) is 5.21. The topological polar surface area (TPSA) is 90.7 Å². The summed E-state index contributed by atoms with van der Waals surface area (Å²) in [6.45, 7) is 1.07. The molecule has 2 fully saturated rings. The smallest absolute Gasteiger partial charge is 0.248 e. The van der Waals surface area contributed by atoms with Gasteiger partial charge >= 0.3 is 0 Å². The van der Waals surface area contributed by atoms with Gasteiger partial charge in [-0.2, -0.15) is 0 Å². The van der Waals surface area contributed by atoms with Gasteiger partial charge < -0.3 is 20.5 Å². The molecule has 1 aromatic carbocycles. The molecule has 1 aliphatic carbocycles. The molecule has 1 aromatic rings. The maximum atomic E-state index is 12.3. The Morgan fingerprint density at radius 2 is 1.88 bits per heavy atom. The lowest BCUT2D eigenvalue weighted by atomic mass is 10.0. The lowest BCUT2D eigenvalue weighted by molar-refractivity contribution is -0.124. The van der Waals surface area contributed by atoms with Crippen molar-refractivity contribution in [1.82, 2.24) is 5.32 Å². The first-order valence-corrected chi connectivity index (χ1v) is 9.55. The van der Waals surface area contributed by atoms with Gasteiger partial charge in [0.1, 0.15) is 11.9 Å². The number of carbonyl (C=O) groups excluding carboxylic acids is 2. The molecule has 1 heterocycles. The predicted molar refractivity (Wildman–Crippen MR) is 97.9 cm³/mol. The molecule has 6 heteroatoms. The van der Waals surface area contributed by atoms with Gasteiger partial charge in [-0.15, -0.1) is 0 Å². The summed E-state index contributed by atoms with van der Waals surface area (Å²) in [6, 6.07) is 6.59. The van der Waals surface area contributed by atoms with Crippen LogP contribution in [0.5, 0.6) is 5.75 Å². The molecule has 2 aliphatic rings. The van der Waals surface area contributed by atoms with Gasteiger partial charge in [0.2, 0.25) is 11.8 Å². The van der Waals surface area contributed by atoms with E-state index in [4.69, 9.17) is 15.2 Å². The summed E-state index contributed by atoms with van der Waals surface area (Å²) in [5.41, 5.74) is 5.70. The summed E-state index contributed by atoms with van der Waals surface area (Å²) in [5.74, 6) is 0.978. The van der Waals surface area contributed by atoms with Crippen molar-refractivity contribution >= 4 is 11.8 Å². The Morgan fingerprint density at radius 3 is 2.58 bits per heavy atom. The van der Waals surface area contributed by atoms with E-state index in [-0.39, 0.29) is 18.1 Å². The highest BCUT2D eigenvalue weighted by atomic mass is 16.5. The molecule has 0 spiro atoms. The van der Waals surface area contributed by atoms with E-state index in [0.29, 0.717) is 43.3 Å². The lowest BCUT2D eigenvalue weighted by Gasteiger charge is -2.32. The molecule has 1 saturated heterocycles. The molecular weight excluding hydrogens is 332 g/mol. The van der Waals surface area contributed by atoms with E-state index >= 15 is 0 Å². The lowest BCUT2D eigenvalue weighted by Crippen LogP contribution is -2.51. The Morgan fingerprint density at radius 1 is 1.15 bits per heavy atom. The minimum atomic E-state index is -0.463. The van der Waals surface area contributed by atoms with Crippen LogP contribution >= 0.6 is 0 Å². The summed E-state index contributed by atoms with van der Waals surface area (Å²) >= 11 is 0. The maximum Gasteiger partial charge on any atom is 0.248 e. The van der Waals surface area contributed by atoms with Gasteiger partial charge in [0.05, 0.1) is 19.3 Å². The number of amides is 2. The van der Waals surface area contributed by atoms with Crippen LogP contribution in [-0.4, -0.2) is 37.2 Å². The highest BCUT2D eigenvalue weighted by Gasteiger charge is 2.29. The van der Waals surface area contributed by atoms with Crippen LogP contribution < -0.4 is 15.8 Å². The van der Waals surface area contributed by atoms with Gasteiger partial charge in [-0.3, -0.25) is 9.59 Å². The van der Waals surface area contributed by atoms with Gasteiger partial charge in [-0.1, -0.05) is 25.7 Å². The number of ether oxygens (including phenoxy) is 2. The van der Waals surface area contributed by atoms with Crippen LogP contribution in [0.25, 0.3) is 0 Å². The molecule has 0 aromatic heterocycles. The SMILES string of the molecule is NC(=O)c1ccc(OC2CCOCC2NC(=O)CCC2CCCC2)cc1. The third-order valence-corrected chi connectivity index (χ3v) is 5.32. The van der Waals surface area contributed by atoms with Crippen molar-refractivity contribution in [1.29, 1.82) is 0 Å². The molecule has 26 heavy (non-hydrogen) atoms. The van der Waals surface area contributed by atoms with Gasteiger partial charge in [0, 0.05) is 18.4 Å². The first-order valence-electron chi connectivity index (χ1n) is 9.55. The number of hydrogen-bond donors (Lipinski definition) is 2. The number of rotatable bonds is 7. The van der Waals surface area contributed by atoms with Crippen molar-refractivity contribution in [3.8, 4) is 5.75 Å². The summed E-state index contributed by atoms with van der Waals surface area (Å²) in [4.78, 5) is 23.5. The summed E-state index contributed by atoms with van der Waals surface area (Å²) in [6.07, 6.45) is 7.23. The third-order valence-electron chi connectivity index (χ3n) is 5.32. The van der Waals surface area contributed by atoms with Crippen LogP contribution in [-0.2, 0) is 9.53 Å². The molecule has 142 valence electrons. The van der Waals surface area contributed by atoms with E-state index in [9.17, 15) is 9.59 Å². The highest BCUT2D eigenvalue weighted by molar-refractivity contribution is 5.92. The molecule has 6 nitrogen and oxygen atoms in total. The fourth-order valence-corrected chi connectivity index (χ4v) is 3.78. The number of benzene rings is 1. The molecule has 0 bridgehead atoms. The Balaban J connectivity index is 1.51. The zero-order valence-corrected chi connectivity index (χ0v) is 15.1. The van der Waals surface area contributed by atoms with Gasteiger partial charge in [-0.05, 0) is 36.6 Å². The number of hydrogen-bond acceptors (Lipinski definition) is 4. The van der Waals surface area contributed by atoms with Crippen molar-refractivity contribution in [2.75, 3.05) is 13.2 Å². The second kappa shape index (κ2) is 9.03. The van der Waals surface area contributed by atoms with E-state index < -0.39 is 5.91 Å². The number of carbonyl (C=O) groups is 2. The molecule has 3 rings (SSSR count). The van der Waals surface area contributed by atoms with Gasteiger partial charge in [-0.25, -0.2) is 0 Å². The molecular formula is C20H28N2O4. The van der Waals surface area contributed by atoms with Gasteiger partial charge in [0.25, 0.3) is 0 Å². The second-order valence-electron chi connectivity index (χ2n) is 7.27. The van der Waals surface area contributed by atoms with E-state index in [0.717, 1.165) is 6.42 Å². The summed E-state index contributed by atoms with van der Waals surface area (Å²) in [7, 11) is 0. The van der Waals surface area contributed by atoms with Crippen molar-refractivity contribution < 1.29 is 19.1 Å². The largest absolute Gasteiger partial charge is 0.488 e. The van der Waals surface area contributed by atoms with Crippen molar-refractivity contribution in [3.63, 3.8) is 0 Å². The molecule has 2 amide bonds. The Kier molecular flexibility index (Phi) is 6.50. The Bertz CT molecular complexity index is 611. The Labute approximate surface area is 154 Å². The first kappa shape index (κ1) is 18.7. The quantitative estimate of drug-likeness (QED) is 0.781. The minimum absolute atomic E-state index is 0.0741. The average molecular weight is 360 g/mol. The van der Waals surface area contributed by atoms with E-state index in [1.807, 2.05) is 0 Å². The van der Waals surface area contributed by atoms with Crippen LogP contribution in [0.3, 0.4) is 0 Å². The summed E-state index contributed by atoms with van der Waals surface area (Å²) in [5, 5.41) is 3.08. The molecule has 0 radical (unpaired) electrons. The van der Waals surface area contributed by atoms with Crippen LogP contribution in [0.4, 0.5) is 0 Å². The monoisotopic (exact) mass is 360 g/mol. The molecule has 3 N–H and O–H groups in total. The average Bonchev–Trinajstić information content (AvgIpc) is 3.16. The molecule has 1 aliphatic heterocycles. The molecule has 2 unspecified atom stereocenters. The fourth-order valence-electron chi connectivity index (χ4n) is 3.78. The van der Waals surface area contributed by atoms with E-state index in [1.54, 1.807) is 24.3 Å². The fraction of sp³-hybridized carbons (Fsp3) is 0.600. The second-order valence-corrected chi connectivity index (χ2v) is 7.27. The van der Waals surface area contributed by atoms with Crippen molar-refractivity contribution in [2.45, 2.75) is 57.1 Å². The van der Waals surface area contributed by atoms with Crippen molar-refractivity contribution in [2.24, 2.45) is 11.7 Å². The van der Waals surface area contributed by atoms with Crippen LogP contribution in [0.15, 0.2) is 24.3 Å². The van der Waals surface area contributed by atoms with Crippen LogP contribution in [0.2, 0.25) is 0 Å². The normalized spacial score (nSPS) is 23.5. The predicted octanol–water partition coefficient (Wildman–Crippen LogP) is 2.41. The van der Waals surface area contributed by atoms with E-state index in [1.165, 1.54) is 25.7 Å². The number of nitrogens with one attached hydrogen (secondary N) is 1. The maximum absolute atomic E-state index is 12.3. The minimum Gasteiger partial charge on any atom is -0.488 e. The summed E-state index contributed by atoms with van der Waals surface area (Å²) < 4.78 is 11.6. The highest BCUT2D eigenvalue weighted by Crippen LogP contribution is 2.28. The van der Waals surface area contributed by atoms with Crippen molar-refractivity contribution in [3.05, 3.63) is 29.8 Å².